The van der Waals surface area contributed by atoms with E-state index in [4.69, 9.17) is 4.74 Å². The maximum absolute atomic E-state index is 11.8. The minimum absolute atomic E-state index is 0.0236. The van der Waals surface area contributed by atoms with Crippen molar-refractivity contribution in [3.8, 4) is 5.75 Å². The lowest BCUT2D eigenvalue weighted by molar-refractivity contribution is -0.121. The molecule has 0 aliphatic rings. The van der Waals surface area contributed by atoms with Gasteiger partial charge < -0.3 is 4.74 Å². The zero-order valence-corrected chi connectivity index (χ0v) is 16.2. The second-order valence-corrected chi connectivity index (χ2v) is 6.65. The van der Waals surface area contributed by atoms with E-state index in [2.05, 4.69) is 17.5 Å². The summed E-state index contributed by atoms with van der Waals surface area (Å²) >= 11 is 0. The maximum Gasteiger partial charge on any atom is 0.240 e. The van der Waals surface area contributed by atoms with Gasteiger partial charge in [0.05, 0.1) is 6.21 Å². The average molecular weight is 367 g/mol. The number of hydrogen-bond donors (Lipinski definition) is 1. The van der Waals surface area contributed by atoms with Gasteiger partial charge in [0.25, 0.3) is 0 Å². The molecule has 1 amide bonds. The molecule has 4 heteroatoms. The van der Waals surface area contributed by atoms with Crippen LogP contribution < -0.4 is 10.2 Å². The maximum atomic E-state index is 11.8. The fourth-order valence-corrected chi connectivity index (χ4v) is 2.69. The van der Waals surface area contributed by atoms with Crippen molar-refractivity contribution in [1.29, 1.82) is 0 Å². The molecule has 0 heterocycles. The van der Waals surface area contributed by atoms with Gasteiger partial charge in [0.15, 0.2) is 0 Å². The molecule has 0 aromatic heterocycles. The Morgan fingerprint density at radius 1 is 0.963 bits per heavy atom. The Bertz CT molecular complexity index is 681. The highest BCUT2D eigenvalue weighted by molar-refractivity contribution is 5.82. The number of nitrogens with one attached hydrogen (secondary N) is 1. The van der Waals surface area contributed by atoms with Crippen LogP contribution in [0.5, 0.6) is 5.75 Å². The van der Waals surface area contributed by atoms with Gasteiger partial charge in [-0.1, -0.05) is 69.4 Å². The molecule has 27 heavy (non-hydrogen) atoms. The van der Waals surface area contributed by atoms with Crippen LogP contribution in [-0.2, 0) is 11.4 Å². The Hall–Kier alpha value is -2.62. The highest BCUT2D eigenvalue weighted by Gasteiger charge is 1.99. The Kier molecular flexibility index (Phi) is 9.72. The van der Waals surface area contributed by atoms with Gasteiger partial charge in [0, 0.05) is 6.42 Å². The number of nitrogens with zero attached hydrogens (tertiary/aromatic N) is 1. The minimum Gasteiger partial charge on any atom is -0.489 e. The molecule has 4 nitrogen and oxygen atoms in total. The van der Waals surface area contributed by atoms with Crippen LogP contribution in [0.1, 0.15) is 63.0 Å². The third-order valence-corrected chi connectivity index (χ3v) is 4.29. The van der Waals surface area contributed by atoms with Crippen molar-refractivity contribution in [3.05, 3.63) is 65.7 Å². The van der Waals surface area contributed by atoms with E-state index in [1.807, 2.05) is 54.6 Å². The van der Waals surface area contributed by atoms with E-state index in [0.717, 1.165) is 29.7 Å². The minimum atomic E-state index is -0.0236. The quantitative estimate of drug-likeness (QED) is 0.308. The van der Waals surface area contributed by atoms with Crippen LogP contribution in [0.4, 0.5) is 0 Å². The number of hydrogen-bond acceptors (Lipinski definition) is 3. The predicted octanol–water partition coefficient (Wildman–Crippen LogP) is 5.47. The van der Waals surface area contributed by atoms with Gasteiger partial charge in [-0.3, -0.25) is 4.79 Å². The number of carbonyl (C=O) groups excluding carboxylic acids is 1. The molecule has 0 aliphatic heterocycles. The molecule has 0 aliphatic carbocycles. The Morgan fingerprint density at radius 3 is 2.41 bits per heavy atom. The molecule has 1 N–H and O–H groups in total. The van der Waals surface area contributed by atoms with Crippen LogP contribution in [0.15, 0.2) is 59.7 Å². The van der Waals surface area contributed by atoms with Crippen LogP contribution in [0.25, 0.3) is 0 Å². The van der Waals surface area contributed by atoms with Crippen LogP contribution >= 0.6 is 0 Å². The second kappa shape index (κ2) is 12.7. The van der Waals surface area contributed by atoms with Gasteiger partial charge in [-0.25, -0.2) is 5.43 Å². The third-order valence-electron chi connectivity index (χ3n) is 4.29. The normalized spacial score (nSPS) is 10.9. The van der Waals surface area contributed by atoms with Gasteiger partial charge in [0.2, 0.25) is 5.91 Å². The van der Waals surface area contributed by atoms with Gasteiger partial charge in [0.1, 0.15) is 12.4 Å². The van der Waals surface area contributed by atoms with Gasteiger partial charge in [-0.15, -0.1) is 0 Å². The fraction of sp³-hybridized carbons (Fsp3) is 0.391. The van der Waals surface area contributed by atoms with Crippen molar-refractivity contribution >= 4 is 12.1 Å². The third kappa shape index (κ3) is 9.04. The van der Waals surface area contributed by atoms with Crippen LogP contribution in [0.3, 0.4) is 0 Å². The van der Waals surface area contributed by atoms with E-state index in [9.17, 15) is 4.79 Å². The van der Waals surface area contributed by atoms with Crippen LogP contribution in [0.2, 0.25) is 0 Å². The molecule has 2 rings (SSSR count). The summed E-state index contributed by atoms with van der Waals surface area (Å²) in [5, 5.41) is 4.03. The number of ether oxygens (including phenoxy) is 1. The molecule has 0 saturated carbocycles. The summed E-state index contributed by atoms with van der Waals surface area (Å²) in [6, 6.07) is 17.7. The first kappa shape index (κ1) is 20.7. The van der Waals surface area contributed by atoms with Crippen molar-refractivity contribution in [2.75, 3.05) is 0 Å². The van der Waals surface area contributed by atoms with E-state index < -0.39 is 0 Å². The summed E-state index contributed by atoms with van der Waals surface area (Å²) in [5.74, 6) is 0.785. The van der Waals surface area contributed by atoms with E-state index in [1.54, 1.807) is 6.21 Å². The first-order chi connectivity index (χ1) is 13.3. The van der Waals surface area contributed by atoms with E-state index in [-0.39, 0.29) is 5.91 Å². The number of carbonyl (C=O) groups is 1. The second-order valence-electron chi connectivity index (χ2n) is 6.65. The molecule has 2 aromatic carbocycles. The zero-order valence-electron chi connectivity index (χ0n) is 16.2. The monoisotopic (exact) mass is 366 g/mol. The molecule has 144 valence electrons. The van der Waals surface area contributed by atoms with Crippen LogP contribution in [0, 0.1) is 0 Å². The molecule has 2 aromatic rings. The van der Waals surface area contributed by atoms with Gasteiger partial charge in [-0.2, -0.15) is 5.10 Å². The molecule has 0 saturated heterocycles. The molecular weight excluding hydrogens is 336 g/mol. The molecule has 0 bridgehead atoms. The van der Waals surface area contributed by atoms with Crippen molar-refractivity contribution in [3.63, 3.8) is 0 Å². The molecule has 0 fully saturated rings. The van der Waals surface area contributed by atoms with Gasteiger partial charge >= 0.3 is 0 Å². The predicted molar refractivity (Wildman–Crippen MR) is 111 cm³/mol. The summed E-state index contributed by atoms with van der Waals surface area (Å²) in [6.45, 7) is 2.75. The highest BCUT2D eigenvalue weighted by atomic mass is 16.5. The van der Waals surface area contributed by atoms with Crippen molar-refractivity contribution in [2.45, 2.75) is 58.5 Å². The van der Waals surface area contributed by atoms with Crippen molar-refractivity contribution in [2.24, 2.45) is 5.10 Å². The first-order valence-corrected chi connectivity index (χ1v) is 9.86. The lowest BCUT2D eigenvalue weighted by Gasteiger charge is -2.06. The molecule has 0 radical (unpaired) electrons. The number of hydrazone groups is 1. The number of unbranched alkanes of at least 4 members (excludes halogenated alkanes) is 5. The Labute approximate surface area is 162 Å². The molecule has 0 atom stereocenters. The lowest BCUT2D eigenvalue weighted by Crippen LogP contribution is -2.16. The summed E-state index contributed by atoms with van der Waals surface area (Å²) in [5.41, 5.74) is 4.65. The molecule has 0 spiro atoms. The number of benzene rings is 2. The van der Waals surface area contributed by atoms with E-state index >= 15 is 0 Å². The standard InChI is InChI=1S/C23H30N2O2/c1-2-3-4-5-6-10-13-23(26)25-24-18-20-14-16-22(17-15-20)27-19-21-11-8-7-9-12-21/h7-9,11-12,14-18H,2-6,10,13,19H2,1H3,(H,25,26). The van der Waals surface area contributed by atoms with Crippen molar-refractivity contribution in [1.82, 2.24) is 5.43 Å². The average Bonchev–Trinajstić information content (AvgIpc) is 2.71. The van der Waals surface area contributed by atoms with E-state index in [0.29, 0.717) is 13.0 Å². The molecule has 0 unspecified atom stereocenters. The summed E-state index contributed by atoms with van der Waals surface area (Å²) in [4.78, 5) is 11.8. The first-order valence-electron chi connectivity index (χ1n) is 9.86. The Balaban J connectivity index is 1.64. The highest BCUT2D eigenvalue weighted by Crippen LogP contribution is 2.13. The topological polar surface area (TPSA) is 50.7 Å². The lowest BCUT2D eigenvalue weighted by atomic mass is 10.1. The largest absolute Gasteiger partial charge is 0.489 e. The summed E-state index contributed by atoms with van der Waals surface area (Å²) in [7, 11) is 0. The number of rotatable bonds is 12. The summed E-state index contributed by atoms with van der Waals surface area (Å²) < 4.78 is 5.75. The summed E-state index contributed by atoms with van der Waals surface area (Å²) in [6.07, 6.45) is 9.24. The van der Waals surface area contributed by atoms with Crippen LogP contribution in [-0.4, -0.2) is 12.1 Å². The smallest absolute Gasteiger partial charge is 0.240 e. The number of amides is 1. The van der Waals surface area contributed by atoms with Gasteiger partial charge in [-0.05, 0) is 41.8 Å². The Morgan fingerprint density at radius 2 is 1.67 bits per heavy atom. The molecular formula is C23H30N2O2. The van der Waals surface area contributed by atoms with E-state index in [1.165, 1.54) is 25.7 Å². The SMILES string of the molecule is CCCCCCCCC(=O)NN=Cc1ccc(OCc2ccccc2)cc1. The van der Waals surface area contributed by atoms with Crippen molar-refractivity contribution < 1.29 is 9.53 Å². The zero-order chi connectivity index (χ0) is 19.2. The fourth-order valence-electron chi connectivity index (χ4n) is 2.69.